The molecule has 2 heteroatoms. The highest BCUT2D eigenvalue weighted by Gasteiger charge is 2.41. The van der Waals surface area contributed by atoms with E-state index in [1.54, 1.807) is 0 Å². The Labute approximate surface area is 76.3 Å². The number of fused-ring (bicyclic) bond motifs is 2. The van der Waals surface area contributed by atoms with Gasteiger partial charge in [0, 0.05) is 0 Å². The van der Waals surface area contributed by atoms with Crippen molar-refractivity contribution in [1.29, 1.82) is 0 Å². The van der Waals surface area contributed by atoms with Gasteiger partial charge in [-0.05, 0) is 18.3 Å². The maximum atomic E-state index is 6.33. The molecule has 2 atom stereocenters. The summed E-state index contributed by atoms with van der Waals surface area (Å²) in [6.45, 7) is 2.39. The first-order valence-corrected chi connectivity index (χ1v) is 5.28. The summed E-state index contributed by atoms with van der Waals surface area (Å²) in [5.74, 6) is 0. The van der Waals surface area contributed by atoms with Crippen molar-refractivity contribution in [1.82, 2.24) is 0 Å². The molecule has 2 aliphatic heterocycles. The highest BCUT2D eigenvalue weighted by Crippen LogP contribution is 2.47. The molecule has 0 saturated carbocycles. The molecular weight excluding hydrogens is 145 g/mol. The molecule has 67 valence electrons. The first-order chi connectivity index (χ1) is 5.62. The molecule has 1 nitrogen and oxygen atoms in total. The Morgan fingerprint density at radius 1 is 1.00 bits per heavy atom. The van der Waals surface area contributed by atoms with Gasteiger partial charge in [0.15, 0.2) is 0 Å². The van der Waals surface area contributed by atoms with E-state index in [4.69, 9.17) is 5.73 Å². The molecule has 0 aromatic carbocycles. The van der Waals surface area contributed by atoms with Crippen molar-refractivity contribution in [2.45, 2.75) is 62.6 Å². The molecular formula is C10H19BN. The normalized spacial score (nSPS) is 47.8. The number of hydrogen-bond acceptors (Lipinski definition) is 1. The van der Waals surface area contributed by atoms with E-state index in [9.17, 15) is 0 Å². The van der Waals surface area contributed by atoms with Gasteiger partial charge in [-0.3, -0.25) is 0 Å². The van der Waals surface area contributed by atoms with Crippen molar-refractivity contribution in [2.24, 2.45) is 5.73 Å². The van der Waals surface area contributed by atoms with Gasteiger partial charge in [0.25, 0.3) is 0 Å². The van der Waals surface area contributed by atoms with Crippen molar-refractivity contribution in [3.05, 3.63) is 0 Å². The van der Waals surface area contributed by atoms with Crippen molar-refractivity contribution >= 4 is 7.28 Å². The van der Waals surface area contributed by atoms with E-state index in [1.807, 2.05) is 0 Å². The van der Waals surface area contributed by atoms with E-state index < -0.39 is 0 Å². The zero-order valence-electron chi connectivity index (χ0n) is 8.10. The molecule has 2 unspecified atom stereocenters. The highest BCUT2D eigenvalue weighted by molar-refractivity contribution is 6.44. The zero-order valence-corrected chi connectivity index (χ0v) is 8.10. The van der Waals surface area contributed by atoms with E-state index in [0.717, 1.165) is 0 Å². The molecule has 0 spiro atoms. The van der Waals surface area contributed by atoms with Gasteiger partial charge in [0.1, 0.15) is 7.28 Å². The predicted molar refractivity (Wildman–Crippen MR) is 53.4 cm³/mol. The summed E-state index contributed by atoms with van der Waals surface area (Å²) in [7, 11) is 2.47. The Balaban J connectivity index is 2.17. The smallest absolute Gasteiger partial charge is 0.144 e. The molecule has 2 aliphatic rings. The lowest BCUT2D eigenvalue weighted by atomic mass is 9.37. The van der Waals surface area contributed by atoms with Gasteiger partial charge in [-0.2, -0.15) is 0 Å². The highest BCUT2D eigenvalue weighted by atomic mass is 14.7. The molecule has 2 fully saturated rings. The van der Waals surface area contributed by atoms with Crippen LogP contribution in [0.4, 0.5) is 0 Å². The molecule has 0 aromatic rings. The third-order valence-corrected chi connectivity index (χ3v) is 3.67. The molecule has 12 heavy (non-hydrogen) atoms. The number of hydrogen-bond donors (Lipinski definition) is 1. The van der Waals surface area contributed by atoms with Crippen LogP contribution >= 0.6 is 0 Å². The average Bonchev–Trinajstić information content (AvgIpc) is 2.06. The summed E-state index contributed by atoms with van der Waals surface area (Å²) >= 11 is 0. The van der Waals surface area contributed by atoms with Crippen molar-refractivity contribution in [3.63, 3.8) is 0 Å². The predicted octanol–water partition coefficient (Wildman–Crippen LogP) is 2.28. The lowest BCUT2D eigenvalue weighted by Gasteiger charge is -2.41. The van der Waals surface area contributed by atoms with Gasteiger partial charge in [0.2, 0.25) is 0 Å². The fraction of sp³-hybridized carbons (Fsp3) is 1.00. The standard InChI is InChI=1S/C10H19BN/c1-9-5-2-3-7-10(12,11-9)8-4-6-9/h2-8,12H2,1H3. The van der Waals surface area contributed by atoms with Gasteiger partial charge < -0.3 is 5.73 Å². The van der Waals surface area contributed by atoms with Crippen LogP contribution in [0.3, 0.4) is 0 Å². The Morgan fingerprint density at radius 3 is 2.42 bits per heavy atom. The third kappa shape index (κ3) is 1.54. The Kier molecular flexibility index (Phi) is 1.98. The SMILES string of the molecule is CC12[B]C(N)(CCCC1)CCC2. The van der Waals surface area contributed by atoms with Crippen LogP contribution in [0, 0.1) is 0 Å². The van der Waals surface area contributed by atoms with Crippen molar-refractivity contribution in [3.8, 4) is 0 Å². The summed E-state index contributed by atoms with van der Waals surface area (Å²) in [4.78, 5) is 0. The summed E-state index contributed by atoms with van der Waals surface area (Å²) < 4.78 is 0. The molecule has 0 amide bonds. The Bertz CT molecular complexity index is 165. The molecule has 0 aromatic heterocycles. The van der Waals surface area contributed by atoms with Gasteiger partial charge in [-0.1, -0.05) is 44.3 Å². The second-order valence-corrected chi connectivity index (χ2v) is 5.09. The summed E-state index contributed by atoms with van der Waals surface area (Å²) in [6, 6.07) is 0. The zero-order chi connectivity index (χ0) is 8.66. The summed E-state index contributed by atoms with van der Waals surface area (Å²) in [5.41, 5.74) is 6.43. The quantitative estimate of drug-likeness (QED) is 0.546. The molecule has 2 N–H and O–H groups in total. The van der Waals surface area contributed by atoms with E-state index >= 15 is 0 Å². The number of rotatable bonds is 0. The minimum atomic E-state index is 0.101. The first kappa shape index (κ1) is 8.62. The average molecular weight is 164 g/mol. The molecule has 1 radical (unpaired) electrons. The second-order valence-electron chi connectivity index (χ2n) is 5.09. The Morgan fingerprint density at radius 2 is 1.58 bits per heavy atom. The summed E-state index contributed by atoms with van der Waals surface area (Å²) in [5, 5.41) is 0.476. The van der Waals surface area contributed by atoms with E-state index in [0.29, 0.717) is 5.31 Å². The molecule has 2 heterocycles. The summed E-state index contributed by atoms with van der Waals surface area (Å²) in [6.07, 6.45) is 9.24. The van der Waals surface area contributed by atoms with Crippen molar-refractivity contribution < 1.29 is 0 Å². The van der Waals surface area contributed by atoms with Crippen LogP contribution in [0.15, 0.2) is 0 Å². The molecule has 0 aliphatic carbocycles. The van der Waals surface area contributed by atoms with Gasteiger partial charge in [-0.25, -0.2) is 0 Å². The fourth-order valence-electron chi connectivity index (χ4n) is 3.04. The van der Waals surface area contributed by atoms with Gasteiger partial charge in [0.05, 0.1) is 0 Å². The molecule has 2 bridgehead atoms. The van der Waals surface area contributed by atoms with Crippen molar-refractivity contribution in [2.75, 3.05) is 0 Å². The van der Waals surface area contributed by atoms with Crippen LogP contribution in [0.5, 0.6) is 0 Å². The second kappa shape index (κ2) is 2.76. The lowest BCUT2D eigenvalue weighted by Crippen LogP contribution is -2.51. The minimum Gasteiger partial charge on any atom is -0.332 e. The van der Waals surface area contributed by atoms with Gasteiger partial charge >= 0.3 is 0 Å². The Hall–Kier alpha value is 0.0249. The van der Waals surface area contributed by atoms with E-state index in [2.05, 4.69) is 14.2 Å². The topological polar surface area (TPSA) is 26.0 Å². The van der Waals surface area contributed by atoms with E-state index in [1.165, 1.54) is 44.9 Å². The largest absolute Gasteiger partial charge is 0.332 e. The van der Waals surface area contributed by atoms with Crippen LogP contribution in [0.2, 0.25) is 5.31 Å². The van der Waals surface area contributed by atoms with Crippen LogP contribution < -0.4 is 5.73 Å². The van der Waals surface area contributed by atoms with Crippen LogP contribution in [-0.4, -0.2) is 12.7 Å². The molecule has 2 rings (SSSR count). The first-order valence-electron chi connectivity index (χ1n) is 5.28. The lowest BCUT2D eigenvalue weighted by molar-refractivity contribution is 0.402. The minimum absolute atomic E-state index is 0.101. The third-order valence-electron chi connectivity index (χ3n) is 3.67. The van der Waals surface area contributed by atoms with Crippen LogP contribution in [0.1, 0.15) is 51.9 Å². The van der Waals surface area contributed by atoms with Crippen LogP contribution in [0.25, 0.3) is 0 Å². The van der Waals surface area contributed by atoms with E-state index in [-0.39, 0.29) is 5.44 Å². The van der Waals surface area contributed by atoms with Crippen LogP contribution in [-0.2, 0) is 0 Å². The fourth-order valence-corrected chi connectivity index (χ4v) is 3.04. The monoisotopic (exact) mass is 164 g/mol. The maximum absolute atomic E-state index is 6.33. The number of nitrogens with two attached hydrogens (primary N) is 1. The molecule has 2 saturated heterocycles. The van der Waals surface area contributed by atoms with Gasteiger partial charge in [-0.15, -0.1) is 0 Å². The maximum Gasteiger partial charge on any atom is 0.144 e.